The predicted octanol–water partition coefficient (Wildman–Crippen LogP) is -0.791. The van der Waals surface area contributed by atoms with Crippen molar-refractivity contribution in [2.45, 2.75) is 19.0 Å². The zero-order valence-corrected chi connectivity index (χ0v) is 10.4. The summed E-state index contributed by atoms with van der Waals surface area (Å²) in [6.07, 6.45) is -2.02. The second kappa shape index (κ2) is 7.39. The number of ether oxygens (including phenoxy) is 6. The van der Waals surface area contributed by atoms with Gasteiger partial charge in [-0.3, -0.25) is 9.59 Å². The molecule has 0 N–H and O–H groups in total. The van der Waals surface area contributed by atoms with Gasteiger partial charge >= 0.3 is 11.9 Å². The number of hydrogen-bond acceptors (Lipinski definition) is 8. The molecule has 0 aromatic carbocycles. The Balaban J connectivity index is 1.64. The molecule has 2 saturated heterocycles. The summed E-state index contributed by atoms with van der Waals surface area (Å²) in [5.41, 5.74) is 0. The van der Waals surface area contributed by atoms with Crippen LogP contribution in [-0.2, 0) is 38.0 Å². The topological polar surface area (TPSA) is 89.5 Å². The summed E-state index contributed by atoms with van der Waals surface area (Å²) >= 11 is 0. The molecule has 8 heteroatoms. The molecule has 0 aromatic rings. The van der Waals surface area contributed by atoms with Gasteiger partial charge in [0.2, 0.25) is 12.6 Å². The number of esters is 2. The van der Waals surface area contributed by atoms with Crippen molar-refractivity contribution in [3.05, 3.63) is 0 Å². The quantitative estimate of drug-likeness (QED) is 0.487. The lowest BCUT2D eigenvalue weighted by Gasteiger charge is -2.23. The first kappa shape index (κ1) is 14.2. The van der Waals surface area contributed by atoms with Crippen molar-refractivity contribution in [3.63, 3.8) is 0 Å². The Kier molecular flexibility index (Phi) is 5.52. The molecule has 0 aliphatic carbocycles. The van der Waals surface area contributed by atoms with Crippen LogP contribution in [0.15, 0.2) is 0 Å². The van der Waals surface area contributed by atoms with E-state index in [0.29, 0.717) is 26.4 Å². The van der Waals surface area contributed by atoms with Crippen LogP contribution < -0.4 is 0 Å². The second-order valence-corrected chi connectivity index (χ2v) is 3.91. The number of rotatable bonds is 4. The monoisotopic (exact) mass is 276 g/mol. The van der Waals surface area contributed by atoms with Gasteiger partial charge in [-0.05, 0) is 0 Å². The van der Waals surface area contributed by atoms with Crippen LogP contribution in [0, 0.1) is 0 Å². The minimum Gasteiger partial charge on any atom is -0.433 e. The molecule has 0 bridgehead atoms. The third kappa shape index (κ3) is 5.11. The van der Waals surface area contributed by atoms with Crippen molar-refractivity contribution in [2.24, 2.45) is 0 Å². The highest BCUT2D eigenvalue weighted by Crippen LogP contribution is 2.07. The molecule has 2 fully saturated rings. The molecule has 0 saturated carbocycles. The van der Waals surface area contributed by atoms with E-state index in [2.05, 4.69) is 0 Å². The standard InChI is InChI=1S/C11H16O8/c12-8(18-10-6-14-1-3-16-10)5-9(13)19-11-7-15-2-4-17-11/h10-11H,1-7H2. The van der Waals surface area contributed by atoms with Crippen molar-refractivity contribution in [2.75, 3.05) is 39.6 Å². The van der Waals surface area contributed by atoms with Crippen LogP contribution in [-0.4, -0.2) is 64.2 Å². The average molecular weight is 276 g/mol. The van der Waals surface area contributed by atoms with Crippen LogP contribution in [0.1, 0.15) is 6.42 Å². The smallest absolute Gasteiger partial charge is 0.319 e. The highest BCUT2D eigenvalue weighted by Gasteiger charge is 2.24. The highest BCUT2D eigenvalue weighted by molar-refractivity contribution is 5.91. The molecule has 19 heavy (non-hydrogen) atoms. The van der Waals surface area contributed by atoms with E-state index in [0.717, 1.165) is 0 Å². The Morgan fingerprint density at radius 2 is 1.32 bits per heavy atom. The van der Waals surface area contributed by atoms with Gasteiger partial charge in [0.1, 0.15) is 19.6 Å². The third-order valence-electron chi connectivity index (χ3n) is 2.39. The van der Waals surface area contributed by atoms with Crippen LogP contribution >= 0.6 is 0 Å². The summed E-state index contributed by atoms with van der Waals surface area (Å²) in [4.78, 5) is 22.9. The lowest BCUT2D eigenvalue weighted by Crippen LogP contribution is -2.35. The van der Waals surface area contributed by atoms with E-state index in [9.17, 15) is 9.59 Å². The lowest BCUT2D eigenvalue weighted by atomic mass is 10.4. The second-order valence-electron chi connectivity index (χ2n) is 3.91. The van der Waals surface area contributed by atoms with Gasteiger partial charge in [-0.25, -0.2) is 0 Å². The van der Waals surface area contributed by atoms with Crippen molar-refractivity contribution < 1.29 is 38.0 Å². The zero-order valence-electron chi connectivity index (χ0n) is 10.4. The number of carbonyl (C=O) groups excluding carboxylic acids is 2. The van der Waals surface area contributed by atoms with E-state index in [1.54, 1.807) is 0 Å². The molecule has 2 rings (SSSR count). The SMILES string of the molecule is O=C(CC(=O)OC1COCCO1)OC1COCCO1. The van der Waals surface area contributed by atoms with Gasteiger partial charge in [-0.2, -0.15) is 0 Å². The maximum Gasteiger partial charge on any atom is 0.319 e. The molecule has 0 aromatic heterocycles. The Labute approximate surface area is 109 Å². The van der Waals surface area contributed by atoms with Crippen LogP contribution in [0.3, 0.4) is 0 Å². The van der Waals surface area contributed by atoms with Crippen LogP contribution in [0.5, 0.6) is 0 Å². The van der Waals surface area contributed by atoms with Crippen molar-refractivity contribution in [3.8, 4) is 0 Å². The summed E-state index contributed by atoms with van der Waals surface area (Å²) < 4.78 is 30.1. The molecule has 2 atom stereocenters. The minimum atomic E-state index is -0.761. The Bertz CT molecular complexity index is 276. The van der Waals surface area contributed by atoms with Crippen molar-refractivity contribution >= 4 is 11.9 Å². The Hall–Kier alpha value is -1.22. The van der Waals surface area contributed by atoms with Crippen LogP contribution in [0.25, 0.3) is 0 Å². The van der Waals surface area contributed by atoms with Gasteiger partial charge in [-0.1, -0.05) is 0 Å². The van der Waals surface area contributed by atoms with Gasteiger partial charge in [0.05, 0.1) is 26.4 Å². The average Bonchev–Trinajstić information content (AvgIpc) is 2.40. The van der Waals surface area contributed by atoms with Gasteiger partial charge in [0.15, 0.2) is 0 Å². The molecule has 108 valence electrons. The van der Waals surface area contributed by atoms with E-state index in [1.165, 1.54) is 0 Å². The summed E-state index contributed by atoms with van der Waals surface area (Å²) in [5, 5.41) is 0. The molecular weight excluding hydrogens is 260 g/mol. The van der Waals surface area contributed by atoms with Crippen LogP contribution in [0.2, 0.25) is 0 Å². The van der Waals surface area contributed by atoms with E-state index in [1.807, 2.05) is 0 Å². The largest absolute Gasteiger partial charge is 0.433 e. The first-order valence-electron chi connectivity index (χ1n) is 6.01. The molecule has 0 amide bonds. The number of hydrogen-bond donors (Lipinski definition) is 0. The van der Waals surface area contributed by atoms with Gasteiger partial charge in [0.25, 0.3) is 0 Å². The Morgan fingerprint density at radius 1 is 0.842 bits per heavy atom. The van der Waals surface area contributed by atoms with Crippen molar-refractivity contribution in [1.29, 1.82) is 0 Å². The summed E-state index contributed by atoms with van der Waals surface area (Å²) in [5.74, 6) is -1.45. The predicted molar refractivity (Wildman–Crippen MR) is 57.9 cm³/mol. The molecule has 8 nitrogen and oxygen atoms in total. The molecule has 2 aliphatic rings. The normalized spacial score (nSPS) is 27.6. The van der Waals surface area contributed by atoms with E-state index in [-0.39, 0.29) is 13.2 Å². The van der Waals surface area contributed by atoms with E-state index >= 15 is 0 Å². The number of carbonyl (C=O) groups is 2. The maximum absolute atomic E-state index is 11.4. The summed E-state index contributed by atoms with van der Waals surface area (Å²) in [6, 6.07) is 0. The van der Waals surface area contributed by atoms with Gasteiger partial charge in [-0.15, -0.1) is 0 Å². The Morgan fingerprint density at radius 3 is 1.68 bits per heavy atom. The van der Waals surface area contributed by atoms with Crippen LogP contribution in [0.4, 0.5) is 0 Å². The molecular formula is C11H16O8. The fourth-order valence-electron chi connectivity index (χ4n) is 1.56. The summed E-state index contributed by atoms with van der Waals surface area (Å²) in [6.45, 7) is 1.98. The minimum absolute atomic E-state index is 0.167. The van der Waals surface area contributed by atoms with Gasteiger partial charge in [0, 0.05) is 0 Å². The fraction of sp³-hybridized carbons (Fsp3) is 0.818. The van der Waals surface area contributed by atoms with E-state index < -0.39 is 30.9 Å². The maximum atomic E-state index is 11.4. The molecule has 2 unspecified atom stereocenters. The van der Waals surface area contributed by atoms with Gasteiger partial charge < -0.3 is 28.4 Å². The van der Waals surface area contributed by atoms with E-state index in [4.69, 9.17) is 28.4 Å². The highest BCUT2D eigenvalue weighted by atomic mass is 16.7. The summed E-state index contributed by atoms with van der Waals surface area (Å²) in [7, 11) is 0. The molecule has 2 heterocycles. The molecule has 0 radical (unpaired) electrons. The lowest BCUT2D eigenvalue weighted by molar-refractivity contribution is -0.222. The first-order valence-corrected chi connectivity index (χ1v) is 6.01. The molecule has 0 spiro atoms. The first-order chi connectivity index (χ1) is 9.24. The third-order valence-corrected chi connectivity index (χ3v) is 2.39. The van der Waals surface area contributed by atoms with Crippen molar-refractivity contribution in [1.82, 2.24) is 0 Å². The molecule has 2 aliphatic heterocycles. The fourth-order valence-corrected chi connectivity index (χ4v) is 1.56. The zero-order chi connectivity index (χ0) is 13.5.